The Kier molecular flexibility index (Phi) is 13.7. The van der Waals surface area contributed by atoms with Crippen molar-refractivity contribution in [2.75, 3.05) is 26.4 Å². The summed E-state index contributed by atoms with van der Waals surface area (Å²) in [5, 5.41) is 59.2. The molecule has 4 aliphatic heterocycles. The molecule has 7 atom stereocenters. The van der Waals surface area contributed by atoms with Crippen LogP contribution < -0.4 is 15.8 Å². The van der Waals surface area contributed by atoms with Gasteiger partial charge in [0.1, 0.15) is 18.2 Å². The molecule has 68 heavy (non-hydrogen) atoms. The highest BCUT2D eigenvalue weighted by Crippen LogP contribution is 2.52. The van der Waals surface area contributed by atoms with Crippen molar-refractivity contribution in [2.24, 2.45) is 23.5 Å². The van der Waals surface area contributed by atoms with Crippen LogP contribution in [0.25, 0.3) is 16.6 Å². The summed E-state index contributed by atoms with van der Waals surface area (Å²) in [6.07, 6.45) is 13.4. The number of hydrogen-bond acceptors (Lipinski definition) is 10. The van der Waals surface area contributed by atoms with E-state index in [2.05, 4.69) is 70.5 Å². The van der Waals surface area contributed by atoms with Gasteiger partial charge in [0.25, 0.3) is 0 Å². The molecule has 8 N–H and O–H groups in total. The number of nitrogens with one attached hydrogen (secondary N) is 1. The van der Waals surface area contributed by atoms with Gasteiger partial charge in [-0.1, -0.05) is 54.3 Å². The molecule has 0 amide bonds. The number of nitrogens with zero attached hydrogens (tertiary/aromatic N) is 1. The number of phenols is 2. The molecule has 0 spiro atoms. The van der Waals surface area contributed by atoms with E-state index in [1.165, 1.54) is 16.7 Å². The molecule has 1 fully saturated rings. The second kappa shape index (κ2) is 20.2. The maximum Gasteiger partial charge on any atom is 0.161 e. The minimum absolute atomic E-state index is 0.00797. The summed E-state index contributed by atoms with van der Waals surface area (Å²) < 4.78 is 21.9. The van der Waals surface area contributed by atoms with Gasteiger partial charge in [-0.2, -0.15) is 0 Å². The first-order valence-electron chi connectivity index (χ1n) is 24.8. The molecule has 356 valence electrons. The van der Waals surface area contributed by atoms with Crippen LogP contribution in [0.4, 0.5) is 0 Å². The maximum atomic E-state index is 11.8. The molecule has 0 radical (unpaired) electrons. The van der Waals surface area contributed by atoms with Crippen LogP contribution in [0.2, 0.25) is 0 Å². The van der Waals surface area contributed by atoms with E-state index in [4.69, 9.17) is 19.9 Å². The number of aliphatic hydroxyl groups excluding tert-OH is 3. The number of aryl methyl sites for hydroxylation is 3. The Hall–Kier alpha value is -5.58. The molecule has 5 aromatic rings. The Balaban J connectivity index is 1.14. The Bertz CT molecular complexity index is 2750. The lowest BCUT2D eigenvalue weighted by Gasteiger charge is -2.49. The summed E-state index contributed by atoms with van der Waals surface area (Å²) >= 11 is 0. The molecular weight excluding hydrogens is 855 g/mol. The molecule has 5 aliphatic rings. The number of benzene rings is 4. The van der Waals surface area contributed by atoms with Crippen molar-refractivity contribution >= 4 is 16.6 Å². The second-order valence-electron chi connectivity index (χ2n) is 19.8. The van der Waals surface area contributed by atoms with Gasteiger partial charge in [0.05, 0.1) is 38.2 Å². The predicted octanol–water partition coefficient (Wildman–Crippen LogP) is 7.89. The Morgan fingerprint density at radius 2 is 1.74 bits per heavy atom. The third-order valence-corrected chi connectivity index (χ3v) is 15.6. The topological polar surface area (TPSA) is 172 Å². The normalized spacial score (nSPS) is 26.2. The number of hydrogen-bond donors (Lipinski definition) is 7. The van der Waals surface area contributed by atoms with Gasteiger partial charge in [0.15, 0.2) is 11.5 Å². The number of aliphatic hydroxyl groups is 3. The van der Waals surface area contributed by atoms with E-state index in [0.717, 1.165) is 89.4 Å². The number of phenolic OH excluding ortho intramolecular Hbond substituents is 2. The molecular formula is C57H65N3O8. The lowest BCUT2D eigenvalue weighted by atomic mass is 9.57. The van der Waals surface area contributed by atoms with Gasteiger partial charge in [-0.05, 0) is 164 Å². The SMILES string of the molecule is NC1C=C2C#C[C@H](CCc3ccc(O)cc3)[C@@H](CCCO)CC[C@H]3C[C@H](O)CCc4cc(c(O)cc4CO)OCc4cc([C@@]56CCOC[C@H]5CCc5ccccc56)cc5cn(cc45)C(=C2CO3)N1. The summed E-state index contributed by atoms with van der Waals surface area (Å²) in [6.45, 7) is 1.59. The zero-order valence-corrected chi connectivity index (χ0v) is 38.8. The van der Waals surface area contributed by atoms with E-state index >= 15 is 0 Å². The minimum atomic E-state index is -0.714. The molecule has 6 bridgehead atoms. The standard InChI is InChI=1S/C57H65N3O8/c58-55-28-41-12-11-38(10-7-36-8-17-47(63)18-9-36)37(5-3-22-61)15-20-49-29-48(64)19-14-40-27-54(53(65)26-43(40)32-62)68-33-44-25-46(24-42-30-60(31-50(42)44)56(59-55)51(41)35-67-49)57-21-23-66-34-45(57)16-13-39-4-1-2-6-52(39)57/h1-2,4,6,8-9,17-18,24-28,30-31,37-38,45,48-49,55,59,61-65H,3,5,7,10,13-16,19-23,29,32-35,58H2/t37-,38-,45+,48+,49-,55?,57+/m0/s1. The zero-order valence-electron chi connectivity index (χ0n) is 38.8. The number of dihydropyridines is 1. The number of aromatic nitrogens is 1. The van der Waals surface area contributed by atoms with E-state index < -0.39 is 12.3 Å². The number of fused-ring (bicyclic) bond motifs is 9. The van der Waals surface area contributed by atoms with Crippen molar-refractivity contribution in [3.05, 3.63) is 141 Å². The zero-order chi connectivity index (χ0) is 46.8. The third kappa shape index (κ3) is 9.43. The number of aromatic hydroxyl groups is 2. The summed E-state index contributed by atoms with van der Waals surface area (Å²) in [5.41, 5.74) is 15.7. The molecule has 1 saturated heterocycles. The van der Waals surface area contributed by atoms with E-state index in [1.54, 1.807) is 18.2 Å². The fourth-order valence-electron chi connectivity index (χ4n) is 12.0. The van der Waals surface area contributed by atoms with Gasteiger partial charge in [-0.3, -0.25) is 0 Å². The van der Waals surface area contributed by atoms with Crippen LogP contribution in [0.1, 0.15) is 96.7 Å². The molecule has 0 saturated carbocycles. The quantitative estimate of drug-likeness (QED) is 0.0760. The smallest absolute Gasteiger partial charge is 0.161 e. The van der Waals surface area contributed by atoms with Crippen molar-refractivity contribution in [1.29, 1.82) is 0 Å². The van der Waals surface area contributed by atoms with Crippen molar-refractivity contribution in [1.82, 2.24) is 9.88 Å². The van der Waals surface area contributed by atoms with E-state index in [9.17, 15) is 25.5 Å². The highest BCUT2D eigenvalue weighted by atomic mass is 16.5. The summed E-state index contributed by atoms with van der Waals surface area (Å²) in [5.74, 6) is 9.10. The number of ether oxygens (including phenoxy) is 3. The van der Waals surface area contributed by atoms with Crippen LogP contribution in [0.5, 0.6) is 17.2 Å². The van der Waals surface area contributed by atoms with Gasteiger partial charge in [0.2, 0.25) is 0 Å². The van der Waals surface area contributed by atoms with Crippen molar-refractivity contribution < 1.29 is 39.7 Å². The molecule has 5 heterocycles. The van der Waals surface area contributed by atoms with Crippen LogP contribution in [-0.2, 0) is 47.4 Å². The van der Waals surface area contributed by atoms with E-state index in [-0.39, 0.29) is 61.3 Å². The van der Waals surface area contributed by atoms with Crippen LogP contribution in [0.15, 0.2) is 102 Å². The number of nitrogens with two attached hydrogens (primary N) is 1. The highest BCUT2D eigenvalue weighted by molar-refractivity contribution is 5.88. The first-order chi connectivity index (χ1) is 33.2. The first kappa shape index (κ1) is 46.2. The average molecular weight is 920 g/mol. The van der Waals surface area contributed by atoms with Gasteiger partial charge < -0.3 is 55.4 Å². The van der Waals surface area contributed by atoms with Gasteiger partial charge in [-0.15, -0.1) is 0 Å². The number of rotatable bonds is 8. The monoisotopic (exact) mass is 919 g/mol. The fraction of sp³-hybridized carbons (Fsp3) is 0.439. The minimum Gasteiger partial charge on any atom is -0.508 e. The van der Waals surface area contributed by atoms with E-state index in [0.29, 0.717) is 62.5 Å². The lowest BCUT2D eigenvalue weighted by molar-refractivity contribution is 0.00498. The van der Waals surface area contributed by atoms with Crippen molar-refractivity contribution in [3.63, 3.8) is 0 Å². The summed E-state index contributed by atoms with van der Waals surface area (Å²) in [4.78, 5) is 0. The molecule has 11 nitrogen and oxygen atoms in total. The largest absolute Gasteiger partial charge is 0.508 e. The molecule has 10 rings (SSSR count). The molecule has 1 aliphatic carbocycles. The average Bonchev–Trinajstić information content (AvgIpc) is 3.78. The Morgan fingerprint density at radius 1 is 0.882 bits per heavy atom. The summed E-state index contributed by atoms with van der Waals surface area (Å²) in [7, 11) is 0. The van der Waals surface area contributed by atoms with Crippen molar-refractivity contribution in [2.45, 2.75) is 114 Å². The predicted molar refractivity (Wildman–Crippen MR) is 263 cm³/mol. The van der Waals surface area contributed by atoms with Crippen LogP contribution in [-0.4, -0.2) is 74.9 Å². The van der Waals surface area contributed by atoms with Crippen LogP contribution in [0, 0.1) is 29.6 Å². The third-order valence-electron chi connectivity index (χ3n) is 15.6. The maximum absolute atomic E-state index is 11.8. The molecule has 4 aromatic carbocycles. The highest BCUT2D eigenvalue weighted by Gasteiger charge is 2.47. The Labute approximate surface area is 399 Å². The van der Waals surface area contributed by atoms with E-state index in [1.807, 2.05) is 24.3 Å². The molecule has 11 heteroatoms. The fourth-order valence-corrected chi connectivity index (χ4v) is 12.0. The molecule has 1 aromatic heterocycles. The van der Waals surface area contributed by atoms with Crippen LogP contribution >= 0.6 is 0 Å². The van der Waals surface area contributed by atoms with Crippen molar-refractivity contribution in [3.8, 4) is 29.1 Å². The first-order valence-corrected chi connectivity index (χ1v) is 24.8. The Morgan fingerprint density at radius 3 is 2.59 bits per heavy atom. The lowest BCUT2D eigenvalue weighted by Crippen LogP contribution is -2.47. The van der Waals surface area contributed by atoms with Crippen LogP contribution in [0.3, 0.4) is 0 Å². The van der Waals surface area contributed by atoms with Gasteiger partial charge in [-0.25, -0.2) is 0 Å². The molecule has 1 unspecified atom stereocenters. The van der Waals surface area contributed by atoms with Gasteiger partial charge >= 0.3 is 0 Å². The van der Waals surface area contributed by atoms with Gasteiger partial charge in [0, 0.05) is 58.9 Å². The second-order valence-corrected chi connectivity index (χ2v) is 19.8. The summed E-state index contributed by atoms with van der Waals surface area (Å²) in [6, 6.07) is 24.3.